The maximum Gasteiger partial charge on any atom is 0.144 e. The lowest BCUT2D eigenvalue weighted by Crippen LogP contribution is -2.28. The van der Waals surface area contributed by atoms with Crippen LogP contribution in [-0.2, 0) is 14.3 Å². The van der Waals surface area contributed by atoms with Crippen molar-refractivity contribution in [3.63, 3.8) is 0 Å². The van der Waals surface area contributed by atoms with E-state index in [9.17, 15) is 9.59 Å². The van der Waals surface area contributed by atoms with Crippen molar-refractivity contribution < 1.29 is 14.3 Å². The molecule has 0 rings (SSSR count). The summed E-state index contributed by atoms with van der Waals surface area (Å²) in [5.41, 5.74) is 5.26. The Morgan fingerprint density at radius 3 is 2.26 bits per heavy atom. The molecule has 0 saturated carbocycles. The van der Waals surface area contributed by atoms with E-state index in [1.807, 2.05) is 27.7 Å². The highest BCUT2D eigenvalue weighted by Gasteiger charge is 2.16. The van der Waals surface area contributed by atoms with Gasteiger partial charge in [0.1, 0.15) is 12.1 Å². The van der Waals surface area contributed by atoms with Crippen LogP contribution in [0, 0.1) is 5.92 Å². The first-order valence-corrected chi connectivity index (χ1v) is 7.15. The molecule has 19 heavy (non-hydrogen) atoms. The molecule has 116 valence electrons. The average molecular weight is 276 g/mol. The lowest BCUT2D eigenvalue weighted by molar-refractivity contribution is -0.125. The van der Waals surface area contributed by atoms with Gasteiger partial charge >= 0.3 is 0 Å². The number of hydrogen-bond acceptors (Lipinski definition) is 5. The molecule has 0 fully saturated rings. The summed E-state index contributed by atoms with van der Waals surface area (Å²) in [5, 5.41) is 2.93. The second kappa shape index (κ2) is 22.4. The molecule has 0 aromatic rings. The molecular weight excluding hydrogens is 244 g/mol. The zero-order valence-electron chi connectivity index (χ0n) is 13.2. The molecule has 0 aromatic heterocycles. The molecule has 3 N–H and O–H groups in total. The summed E-state index contributed by atoms with van der Waals surface area (Å²) in [6.07, 6.45) is 1.27. The lowest BCUT2D eigenvalue weighted by atomic mass is 9.99. The lowest BCUT2D eigenvalue weighted by Gasteiger charge is -2.13. The molecule has 0 amide bonds. The highest BCUT2D eigenvalue weighted by molar-refractivity contribution is 5.91. The normalized spacial score (nSPS) is 10.4. The predicted octanol–water partition coefficient (Wildman–Crippen LogP) is 1.40. The van der Waals surface area contributed by atoms with Crippen LogP contribution in [0.5, 0.6) is 0 Å². The van der Waals surface area contributed by atoms with Gasteiger partial charge < -0.3 is 20.6 Å². The zero-order valence-corrected chi connectivity index (χ0v) is 13.2. The summed E-state index contributed by atoms with van der Waals surface area (Å²) in [6.45, 7) is 10.1. The van der Waals surface area contributed by atoms with Crippen LogP contribution < -0.4 is 11.1 Å². The third kappa shape index (κ3) is 17.2. The molecule has 1 atom stereocenters. The van der Waals surface area contributed by atoms with E-state index in [4.69, 9.17) is 10.5 Å². The van der Waals surface area contributed by atoms with Gasteiger partial charge in [-0.2, -0.15) is 0 Å². The Balaban J connectivity index is -0.000000579. The molecule has 0 aliphatic heterocycles. The monoisotopic (exact) mass is 276 g/mol. The van der Waals surface area contributed by atoms with E-state index >= 15 is 0 Å². The topological polar surface area (TPSA) is 81.4 Å². The van der Waals surface area contributed by atoms with Crippen molar-refractivity contribution in [1.82, 2.24) is 5.32 Å². The van der Waals surface area contributed by atoms with Crippen molar-refractivity contribution in [2.75, 3.05) is 33.4 Å². The third-order valence-corrected chi connectivity index (χ3v) is 2.06. The number of aldehydes is 1. The Hall–Kier alpha value is -0.780. The van der Waals surface area contributed by atoms with Gasteiger partial charge in [0.05, 0.1) is 13.0 Å². The first-order chi connectivity index (χ1) is 9.26. The predicted molar refractivity (Wildman–Crippen MR) is 80.3 cm³/mol. The fourth-order valence-corrected chi connectivity index (χ4v) is 1.28. The van der Waals surface area contributed by atoms with E-state index < -0.39 is 0 Å². The van der Waals surface area contributed by atoms with Crippen molar-refractivity contribution in [1.29, 1.82) is 0 Å². The molecule has 5 nitrogen and oxygen atoms in total. The second-order valence-electron chi connectivity index (χ2n) is 3.28. The molecule has 0 aliphatic rings. The van der Waals surface area contributed by atoms with Crippen LogP contribution in [0.1, 0.15) is 40.5 Å². The zero-order chi connectivity index (χ0) is 15.5. The number of rotatable bonds is 10. The van der Waals surface area contributed by atoms with Crippen LogP contribution in [0.4, 0.5) is 0 Å². The minimum Gasteiger partial charge on any atom is -0.380 e. The van der Waals surface area contributed by atoms with Crippen molar-refractivity contribution >= 4 is 12.1 Å². The quantitative estimate of drug-likeness (QED) is 0.358. The van der Waals surface area contributed by atoms with E-state index in [2.05, 4.69) is 5.32 Å². The summed E-state index contributed by atoms with van der Waals surface area (Å²) >= 11 is 0. The molecule has 0 aromatic carbocycles. The van der Waals surface area contributed by atoms with E-state index in [1.54, 1.807) is 7.05 Å². The largest absolute Gasteiger partial charge is 0.380 e. The molecule has 0 spiro atoms. The number of ketones is 1. The maximum atomic E-state index is 11.4. The highest BCUT2D eigenvalue weighted by Crippen LogP contribution is 2.05. The van der Waals surface area contributed by atoms with Gasteiger partial charge in [0.15, 0.2) is 0 Å². The van der Waals surface area contributed by atoms with Gasteiger partial charge in [0.25, 0.3) is 0 Å². The minimum atomic E-state index is -0.141. The van der Waals surface area contributed by atoms with Crippen LogP contribution in [0.2, 0.25) is 0 Å². The van der Waals surface area contributed by atoms with Crippen LogP contribution in [-0.4, -0.2) is 45.4 Å². The molecule has 0 bridgehead atoms. The van der Waals surface area contributed by atoms with Crippen LogP contribution in [0.3, 0.4) is 0 Å². The van der Waals surface area contributed by atoms with E-state index in [0.29, 0.717) is 39.0 Å². The number of carbonyl (C=O) groups is 2. The Bertz CT molecular complexity index is 188. The second-order valence-corrected chi connectivity index (χ2v) is 3.28. The van der Waals surface area contributed by atoms with Crippen LogP contribution >= 0.6 is 0 Å². The molecule has 0 aliphatic carbocycles. The molecule has 0 heterocycles. The molecular formula is C14H32N2O3. The Labute approximate surface area is 118 Å². The first kappa shape index (κ1) is 23.3. The van der Waals surface area contributed by atoms with E-state index in [-0.39, 0.29) is 18.1 Å². The summed E-state index contributed by atoms with van der Waals surface area (Å²) in [6, 6.07) is 0. The van der Waals surface area contributed by atoms with Crippen molar-refractivity contribution in [2.45, 2.75) is 40.5 Å². The molecule has 0 radical (unpaired) electrons. The highest BCUT2D eigenvalue weighted by atomic mass is 16.5. The standard InChI is InChI=1S/C10H20N2O3.2C2H6/c1-12-8-9(10(14)2-5-13)3-6-15-7-4-11;2*1-2/h5,9,12H,2-4,6-8,11H2,1H3;2*1-2H3. The molecule has 1 unspecified atom stereocenters. The smallest absolute Gasteiger partial charge is 0.144 e. The van der Waals surface area contributed by atoms with Gasteiger partial charge in [0, 0.05) is 25.6 Å². The number of ether oxygens (including phenoxy) is 1. The summed E-state index contributed by atoms with van der Waals surface area (Å²) in [5.74, 6) is -0.173. The fourth-order valence-electron chi connectivity index (χ4n) is 1.28. The van der Waals surface area contributed by atoms with Gasteiger partial charge in [-0.1, -0.05) is 27.7 Å². The molecule has 0 saturated heterocycles. The van der Waals surface area contributed by atoms with Crippen molar-refractivity contribution in [3.8, 4) is 0 Å². The SMILES string of the molecule is CC.CC.CNCC(CCOCCN)C(=O)CC=O. The van der Waals surface area contributed by atoms with E-state index in [0.717, 1.165) is 0 Å². The summed E-state index contributed by atoms with van der Waals surface area (Å²) in [4.78, 5) is 21.7. The number of Topliss-reactive ketones (excluding diaryl/α,β-unsaturated/α-hetero) is 1. The average Bonchev–Trinajstić information content (AvgIpc) is 2.47. The van der Waals surface area contributed by atoms with Gasteiger partial charge in [-0.3, -0.25) is 4.79 Å². The Morgan fingerprint density at radius 2 is 1.84 bits per heavy atom. The Kier molecular flexibility index (Phi) is 27.5. The Morgan fingerprint density at radius 1 is 1.26 bits per heavy atom. The van der Waals surface area contributed by atoms with Crippen LogP contribution in [0.15, 0.2) is 0 Å². The van der Waals surface area contributed by atoms with Crippen LogP contribution in [0.25, 0.3) is 0 Å². The maximum absolute atomic E-state index is 11.4. The van der Waals surface area contributed by atoms with Gasteiger partial charge in [-0.15, -0.1) is 0 Å². The number of carbonyl (C=O) groups excluding carboxylic acids is 2. The number of nitrogens with one attached hydrogen (secondary N) is 1. The summed E-state index contributed by atoms with van der Waals surface area (Å²) in [7, 11) is 1.78. The first-order valence-electron chi connectivity index (χ1n) is 7.15. The van der Waals surface area contributed by atoms with Gasteiger partial charge in [-0.25, -0.2) is 0 Å². The fraction of sp³-hybridized carbons (Fsp3) is 0.857. The van der Waals surface area contributed by atoms with Gasteiger partial charge in [0.2, 0.25) is 0 Å². The van der Waals surface area contributed by atoms with E-state index in [1.165, 1.54) is 0 Å². The molecule has 5 heteroatoms. The third-order valence-electron chi connectivity index (χ3n) is 2.06. The van der Waals surface area contributed by atoms with Crippen molar-refractivity contribution in [2.24, 2.45) is 11.7 Å². The van der Waals surface area contributed by atoms with Gasteiger partial charge in [-0.05, 0) is 13.5 Å². The number of nitrogens with two attached hydrogens (primary N) is 1. The number of hydrogen-bond donors (Lipinski definition) is 2. The minimum absolute atomic E-state index is 0.0107. The van der Waals surface area contributed by atoms with Crippen molar-refractivity contribution in [3.05, 3.63) is 0 Å². The summed E-state index contributed by atoms with van der Waals surface area (Å²) < 4.78 is 5.19.